The van der Waals surface area contributed by atoms with Crippen LogP contribution in [0.15, 0.2) is 144 Å². The molecule has 0 amide bonds. The van der Waals surface area contributed by atoms with Crippen molar-refractivity contribution in [1.29, 1.82) is 10.5 Å². The van der Waals surface area contributed by atoms with Crippen LogP contribution in [0.3, 0.4) is 0 Å². The third kappa shape index (κ3) is 3.85. The first-order chi connectivity index (χ1) is 25.2. The molecule has 0 unspecified atom stereocenters. The van der Waals surface area contributed by atoms with Crippen LogP contribution in [0, 0.1) is 22.7 Å². The van der Waals surface area contributed by atoms with Crippen LogP contribution in [-0.2, 0) is 0 Å². The van der Waals surface area contributed by atoms with Crippen LogP contribution < -0.4 is 4.74 Å². The van der Waals surface area contributed by atoms with Crippen LogP contribution in [0.5, 0.6) is 5.75 Å². The topological polar surface area (TPSA) is 79.8 Å². The number of ether oxygens (including phenoxy) is 1. The molecule has 10 aromatic rings. The average molecular weight is 655 g/mol. The zero-order valence-corrected chi connectivity index (χ0v) is 27.4. The molecule has 0 N–H and O–H groups in total. The lowest BCUT2D eigenvalue weighted by atomic mass is 9.91. The number of fused-ring (bicyclic) bond motifs is 10. The molecule has 3 aromatic heterocycles. The number of hydrogen-bond donors (Lipinski definition) is 0. The van der Waals surface area contributed by atoms with Gasteiger partial charge in [-0.1, -0.05) is 103 Å². The third-order valence-electron chi connectivity index (χ3n) is 10.1. The minimum Gasteiger partial charge on any atom is -0.493 e. The largest absolute Gasteiger partial charge is 0.493 e. The van der Waals surface area contributed by atoms with Crippen molar-refractivity contribution in [3.63, 3.8) is 0 Å². The van der Waals surface area contributed by atoms with Gasteiger partial charge in [-0.3, -0.25) is 0 Å². The summed E-state index contributed by atoms with van der Waals surface area (Å²) in [6.45, 7) is 0. The van der Waals surface area contributed by atoms with Gasteiger partial charge in [-0.2, -0.15) is 10.5 Å². The van der Waals surface area contributed by atoms with Crippen LogP contribution in [-0.4, -0.2) is 16.2 Å². The highest BCUT2D eigenvalue weighted by Crippen LogP contribution is 2.50. The number of benzene rings is 7. The molecule has 0 aliphatic rings. The number of nitrogens with zero attached hydrogens (tertiary/aromatic N) is 4. The number of aromatic nitrogens is 2. The second-order valence-electron chi connectivity index (χ2n) is 12.6. The van der Waals surface area contributed by atoms with Crippen molar-refractivity contribution in [2.24, 2.45) is 0 Å². The van der Waals surface area contributed by atoms with E-state index in [9.17, 15) is 10.5 Å². The molecule has 0 radical (unpaired) electrons. The Morgan fingerprint density at radius 2 is 1.06 bits per heavy atom. The number of rotatable bonds is 4. The van der Waals surface area contributed by atoms with E-state index in [0.29, 0.717) is 17.0 Å². The zero-order valence-electron chi connectivity index (χ0n) is 27.4. The van der Waals surface area contributed by atoms with Crippen LogP contribution in [0.2, 0.25) is 0 Å². The van der Waals surface area contributed by atoms with Crippen molar-refractivity contribution < 1.29 is 9.15 Å². The summed E-state index contributed by atoms with van der Waals surface area (Å²) in [7, 11) is 1.57. The molecule has 0 spiro atoms. The predicted octanol–water partition coefficient (Wildman–Crippen LogP) is 11.2. The first-order valence-electron chi connectivity index (χ1n) is 16.7. The van der Waals surface area contributed by atoms with Gasteiger partial charge in [0.2, 0.25) is 0 Å². The molecule has 6 heteroatoms. The van der Waals surface area contributed by atoms with Gasteiger partial charge in [0.15, 0.2) is 5.75 Å². The Morgan fingerprint density at radius 3 is 1.71 bits per heavy atom. The van der Waals surface area contributed by atoms with Crippen molar-refractivity contribution in [3.8, 4) is 40.4 Å². The number of methoxy groups -OCH3 is 1. The van der Waals surface area contributed by atoms with Gasteiger partial charge in [-0.05, 0) is 42.0 Å². The smallest absolute Gasteiger partial charge is 0.164 e. The summed E-state index contributed by atoms with van der Waals surface area (Å²) >= 11 is 0. The highest BCUT2D eigenvalue weighted by molar-refractivity contribution is 6.24. The molecule has 0 fully saturated rings. The van der Waals surface area contributed by atoms with Gasteiger partial charge in [-0.15, -0.1) is 0 Å². The molecule has 0 saturated heterocycles. The summed E-state index contributed by atoms with van der Waals surface area (Å²) in [5.74, 6) is 0.325. The Bertz CT molecular complexity index is 3100. The normalized spacial score (nSPS) is 11.6. The maximum absolute atomic E-state index is 11.0. The molecule has 10 rings (SSSR count). The van der Waals surface area contributed by atoms with Crippen LogP contribution in [0.1, 0.15) is 11.1 Å². The van der Waals surface area contributed by atoms with Gasteiger partial charge in [0.05, 0.1) is 45.8 Å². The number of hydrogen-bond acceptors (Lipinski definition) is 4. The van der Waals surface area contributed by atoms with Crippen molar-refractivity contribution in [2.45, 2.75) is 0 Å². The Balaban J connectivity index is 1.52. The van der Waals surface area contributed by atoms with E-state index < -0.39 is 0 Å². The van der Waals surface area contributed by atoms with E-state index >= 15 is 0 Å². The molecule has 7 aromatic carbocycles. The fourth-order valence-corrected chi connectivity index (χ4v) is 8.07. The van der Waals surface area contributed by atoms with Crippen molar-refractivity contribution >= 4 is 65.6 Å². The van der Waals surface area contributed by atoms with Gasteiger partial charge < -0.3 is 18.3 Å². The van der Waals surface area contributed by atoms with Crippen molar-refractivity contribution in [2.75, 3.05) is 7.11 Å². The fourth-order valence-electron chi connectivity index (χ4n) is 8.07. The Hall–Kier alpha value is -7.28. The van der Waals surface area contributed by atoms with Gasteiger partial charge in [-0.25, -0.2) is 0 Å². The highest BCUT2D eigenvalue weighted by Gasteiger charge is 2.32. The molecular weight excluding hydrogens is 629 g/mol. The monoisotopic (exact) mass is 654 g/mol. The summed E-state index contributed by atoms with van der Waals surface area (Å²) in [6.07, 6.45) is 0. The van der Waals surface area contributed by atoms with Crippen molar-refractivity contribution in [3.05, 3.63) is 151 Å². The van der Waals surface area contributed by atoms with Crippen LogP contribution in [0.25, 0.3) is 88.1 Å². The SMILES string of the molecule is COc1c(C#N)c(C#N)c(-c2ccccc2)c(-n2c3ccccc3c3c4oc5ccccc5c4ccc32)c1-n1c2ccccc2c2ccccc21. The first-order valence-corrected chi connectivity index (χ1v) is 16.7. The molecule has 0 atom stereocenters. The summed E-state index contributed by atoms with van der Waals surface area (Å²) in [4.78, 5) is 0. The molecule has 3 heterocycles. The molecule has 0 saturated carbocycles. The summed E-state index contributed by atoms with van der Waals surface area (Å²) in [5, 5.41) is 28.0. The van der Waals surface area contributed by atoms with E-state index in [1.165, 1.54) is 0 Å². The number of furan rings is 1. The minimum absolute atomic E-state index is 0.180. The maximum Gasteiger partial charge on any atom is 0.164 e. The second-order valence-corrected chi connectivity index (χ2v) is 12.6. The first kappa shape index (κ1) is 28.7. The molecule has 0 bridgehead atoms. The van der Waals surface area contributed by atoms with E-state index in [-0.39, 0.29) is 11.1 Å². The van der Waals surface area contributed by atoms with Gasteiger partial charge >= 0.3 is 0 Å². The van der Waals surface area contributed by atoms with Crippen LogP contribution in [0.4, 0.5) is 0 Å². The summed E-state index contributed by atoms with van der Waals surface area (Å²) in [6, 6.07) is 51.9. The summed E-state index contributed by atoms with van der Waals surface area (Å²) in [5.41, 5.74) is 8.60. The zero-order chi connectivity index (χ0) is 34.2. The quantitative estimate of drug-likeness (QED) is 0.189. The number of para-hydroxylation sites is 4. The maximum atomic E-state index is 11.0. The van der Waals surface area contributed by atoms with E-state index in [4.69, 9.17) is 9.15 Å². The molecule has 51 heavy (non-hydrogen) atoms. The Kier molecular flexibility index (Phi) is 6.12. The molecule has 0 aliphatic carbocycles. The lowest BCUT2D eigenvalue weighted by Crippen LogP contribution is -2.11. The molecule has 0 aliphatic heterocycles. The van der Waals surface area contributed by atoms with E-state index in [0.717, 1.165) is 76.8 Å². The Morgan fingerprint density at radius 1 is 0.510 bits per heavy atom. The van der Waals surface area contributed by atoms with Gasteiger partial charge in [0.25, 0.3) is 0 Å². The minimum atomic E-state index is 0.180. The number of nitriles is 2. The second kappa shape index (κ2) is 10.9. The van der Waals surface area contributed by atoms with Gasteiger partial charge in [0.1, 0.15) is 34.6 Å². The fraction of sp³-hybridized carbons (Fsp3) is 0.0222. The Labute approximate surface area is 291 Å². The highest BCUT2D eigenvalue weighted by atomic mass is 16.5. The van der Waals surface area contributed by atoms with E-state index in [2.05, 4.69) is 75.9 Å². The standard InChI is InChI=1S/C45H26N4O2/c1-50-45-34(26-47)33(25-46)40(27-13-3-2-4-14-27)42(43(45)48-35-19-9-5-15-28(35)29-16-6-10-20-36(29)48)49-37-21-11-7-18-32(37)41-38(49)24-23-31-30-17-8-12-22-39(30)51-44(31)41/h2-24H,1H3. The molecule has 238 valence electrons. The van der Waals surface area contributed by atoms with E-state index in [1.807, 2.05) is 84.9 Å². The van der Waals surface area contributed by atoms with Gasteiger partial charge in [0, 0.05) is 32.5 Å². The summed E-state index contributed by atoms with van der Waals surface area (Å²) < 4.78 is 17.3. The van der Waals surface area contributed by atoms with Crippen molar-refractivity contribution in [1.82, 2.24) is 9.13 Å². The molecular formula is C45H26N4O2. The predicted molar refractivity (Wildman–Crippen MR) is 204 cm³/mol. The van der Waals surface area contributed by atoms with E-state index in [1.54, 1.807) is 7.11 Å². The molecule has 6 nitrogen and oxygen atoms in total. The van der Waals surface area contributed by atoms with Crippen LogP contribution >= 0.6 is 0 Å². The third-order valence-corrected chi connectivity index (χ3v) is 10.1. The lowest BCUT2D eigenvalue weighted by Gasteiger charge is -2.25. The lowest BCUT2D eigenvalue weighted by molar-refractivity contribution is 0.412. The average Bonchev–Trinajstić information content (AvgIpc) is 3.84.